The van der Waals surface area contributed by atoms with Crippen molar-refractivity contribution in [2.24, 2.45) is 9.98 Å². The van der Waals surface area contributed by atoms with Crippen molar-refractivity contribution in [2.45, 2.75) is 25.4 Å². The lowest BCUT2D eigenvalue weighted by molar-refractivity contribution is 0.650. The lowest BCUT2D eigenvalue weighted by atomic mass is 9.80. The fourth-order valence-electron chi connectivity index (χ4n) is 8.77. The molecule has 0 saturated carbocycles. The molecule has 1 aliphatic heterocycles. The van der Waals surface area contributed by atoms with Gasteiger partial charge in [-0.2, -0.15) is 0 Å². The number of rotatable bonds is 4. The average molecular weight is 683 g/mol. The minimum absolute atomic E-state index is 0.240. The van der Waals surface area contributed by atoms with Crippen molar-refractivity contribution < 1.29 is 4.42 Å². The van der Waals surface area contributed by atoms with Crippen molar-refractivity contribution in [3.63, 3.8) is 0 Å². The van der Waals surface area contributed by atoms with Gasteiger partial charge in [0.25, 0.3) is 0 Å². The van der Waals surface area contributed by atoms with Gasteiger partial charge in [0.15, 0.2) is 5.84 Å². The van der Waals surface area contributed by atoms with Crippen LogP contribution in [0.2, 0.25) is 0 Å². The zero-order chi connectivity index (χ0) is 35.3. The summed E-state index contributed by atoms with van der Waals surface area (Å²) in [6.45, 7) is 4.72. The van der Waals surface area contributed by atoms with Crippen molar-refractivity contribution >= 4 is 55.4 Å². The second-order valence-electron chi connectivity index (χ2n) is 14.6. The summed E-state index contributed by atoms with van der Waals surface area (Å²) in [5, 5.41) is 8.52. The standard InChI is InChI=1S/C48H34N4O/c1-48(2)38-28-42-37(33-20-10-12-23-41(33)53-42)27-36(38)34-24-25-40-43(44(34)48)35-21-9-11-22-39(35)52(40)32-19-13-18-31(26-32)47-50-45(29-14-5-3-6-15-29)49-46(51-47)30-16-7-4-8-17-30/h3-28,47H,1-2H3,(H,49,50,51). The van der Waals surface area contributed by atoms with Crippen LogP contribution in [0.4, 0.5) is 0 Å². The van der Waals surface area contributed by atoms with Crippen molar-refractivity contribution in [2.75, 3.05) is 0 Å². The molecule has 9 aromatic rings. The largest absolute Gasteiger partial charge is 0.456 e. The molecule has 53 heavy (non-hydrogen) atoms. The molecule has 0 saturated heterocycles. The minimum Gasteiger partial charge on any atom is -0.456 e. The number of hydrogen-bond acceptors (Lipinski definition) is 4. The van der Waals surface area contributed by atoms with Crippen molar-refractivity contribution in [1.29, 1.82) is 0 Å². The van der Waals surface area contributed by atoms with Gasteiger partial charge in [-0.15, -0.1) is 0 Å². The Morgan fingerprint density at radius 3 is 2.17 bits per heavy atom. The number of amidine groups is 2. The maximum atomic E-state index is 6.39. The SMILES string of the molecule is CC1(C)c2cc3oc4ccccc4c3cc2-c2ccc3c(c21)c1ccccc1n3-c1cccc(C2N=C(c3ccccc3)N=C(c3ccccc3)N2)c1. The molecule has 252 valence electrons. The minimum atomic E-state index is -0.321. The number of furan rings is 1. The number of aliphatic imine (C=N–C) groups is 2. The van der Waals surface area contributed by atoms with Crippen LogP contribution in [0.15, 0.2) is 172 Å². The molecule has 5 nitrogen and oxygen atoms in total. The molecule has 1 N–H and O–H groups in total. The Labute approximate surface area is 306 Å². The number of nitrogens with zero attached hydrogens (tertiary/aromatic N) is 3. The first kappa shape index (κ1) is 30.0. The summed E-state index contributed by atoms with van der Waals surface area (Å²) in [4.78, 5) is 10.2. The summed E-state index contributed by atoms with van der Waals surface area (Å²) in [6.07, 6.45) is -0.321. The summed E-state index contributed by atoms with van der Waals surface area (Å²) in [7, 11) is 0. The maximum absolute atomic E-state index is 6.39. The van der Waals surface area contributed by atoms with Gasteiger partial charge < -0.3 is 14.3 Å². The van der Waals surface area contributed by atoms with E-state index in [9.17, 15) is 0 Å². The van der Waals surface area contributed by atoms with E-state index in [1.165, 1.54) is 44.1 Å². The summed E-state index contributed by atoms with van der Waals surface area (Å²) < 4.78 is 8.81. The average Bonchev–Trinajstić information content (AvgIpc) is 3.82. The van der Waals surface area contributed by atoms with Crippen LogP contribution in [0.25, 0.3) is 60.6 Å². The monoisotopic (exact) mass is 682 g/mol. The predicted octanol–water partition coefficient (Wildman–Crippen LogP) is 11.5. The van der Waals surface area contributed by atoms with E-state index in [1.807, 2.05) is 42.5 Å². The summed E-state index contributed by atoms with van der Waals surface area (Å²) in [5.74, 6) is 1.52. The number of aromatic nitrogens is 1. The summed E-state index contributed by atoms with van der Waals surface area (Å²) in [5.41, 5.74) is 13.4. The van der Waals surface area contributed by atoms with Crippen LogP contribution >= 0.6 is 0 Å². The van der Waals surface area contributed by atoms with E-state index in [1.54, 1.807) is 0 Å². The van der Waals surface area contributed by atoms with Gasteiger partial charge in [-0.3, -0.25) is 0 Å². The molecule has 0 amide bonds. The molecule has 1 unspecified atom stereocenters. The van der Waals surface area contributed by atoms with Crippen LogP contribution in [-0.4, -0.2) is 16.2 Å². The highest BCUT2D eigenvalue weighted by atomic mass is 16.3. The quantitative estimate of drug-likeness (QED) is 0.201. The highest BCUT2D eigenvalue weighted by molar-refractivity contribution is 6.16. The Bertz CT molecular complexity index is 3000. The van der Waals surface area contributed by atoms with E-state index >= 15 is 0 Å². The number of hydrogen-bond donors (Lipinski definition) is 1. The number of fused-ring (bicyclic) bond motifs is 10. The van der Waals surface area contributed by atoms with Gasteiger partial charge in [-0.25, -0.2) is 9.98 Å². The van der Waals surface area contributed by atoms with Crippen molar-refractivity contribution in [3.8, 4) is 16.8 Å². The Morgan fingerprint density at radius 1 is 0.604 bits per heavy atom. The lowest BCUT2D eigenvalue weighted by Gasteiger charge is -2.24. The Balaban J connectivity index is 1.08. The zero-order valence-corrected chi connectivity index (χ0v) is 29.3. The zero-order valence-electron chi connectivity index (χ0n) is 29.3. The van der Waals surface area contributed by atoms with Crippen LogP contribution in [0.3, 0.4) is 0 Å². The number of benzene rings is 7. The predicted molar refractivity (Wildman–Crippen MR) is 217 cm³/mol. The maximum Gasteiger partial charge on any atom is 0.159 e. The van der Waals surface area contributed by atoms with E-state index in [2.05, 4.69) is 139 Å². The van der Waals surface area contributed by atoms with Gasteiger partial charge in [0.2, 0.25) is 0 Å². The Hall–Kier alpha value is -6.72. The highest BCUT2D eigenvalue weighted by Crippen LogP contribution is 2.54. The fourth-order valence-corrected chi connectivity index (χ4v) is 8.77. The van der Waals surface area contributed by atoms with Crippen LogP contribution < -0.4 is 5.32 Å². The van der Waals surface area contributed by atoms with Gasteiger partial charge in [0.05, 0.1) is 11.0 Å². The molecular weight excluding hydrogens is 649 g/mol. The van der Waals surface area contributed by atoms with E-state index < -0.39 is 0 Å². The molecule has 3 heterocycles. The Morgan fingerprint density at radius 2 is 1.34 bits per heavy atom. The number of para-hydroxylation sites is 2. The molecule has 0 fully saturated rings. The molecule has 1 aliphatic carbocycles. The van der Waals surface area contributed by atoms with Gasteiger partial charge in [-0.05, 0) is 70.3 Å². The lowest BCUT2D eigenvalue weighted by Crippen LogP contribution is -2.33. The van der Waals surface area contributed by atoms with E-state index in [-0.39, 0.29) is 11.6 Å². The summed E-state index contributed by atoms with van der Waals surface area (Å²) >= 11 is 0. The first-order valence-corrected chi connectivity index (χ1v) is 18.2. The fraction of sp³-hybridized carbons (Fsp3) is 0.0833. The van der Waals surface area contributed by atoms with Crippen LogP contribution in [-0.2, 0) is 5.41 Å². The molecule has 5 heteroatoms. The van der Waals surface area contributed by atoms with Crippen molar-refractivity contribution in [3.05, 3.63) is 186 Å². The second kappa shape index (κ2) is 11.1. The summed E-state index contributed by atoms with van der Waals surface area (Å²) in [6, 6.07) is 55.7. The number of nitrogens with one attached hydrogen (secondary N) is 1. The molecule has 0 radical (unpaired) electrons. The smallest absolute Gasteiger partial charge is 0.159 e. The first-order chi connectivity index (χ1) is 26.0. The third-order valence-electron chi connectivity index (χ3n) is 11.2. The highest BCUT2D eigenvalue weighted by Gasteiger charge is 2.39. The topological polar surface area (TPSA) is 54.8 Å². The van der Waals surface area contributed by atoms with Crippen molar-refractivity contribution in [1.82, 2.24) is 9.88 Å². The normalized spacial score (nSPS) is 16.1. The molecule has 11 rings (SSSR count). The van der Waals surface area contributed by atoms with E-state index in [0.717, 1.165) is 50.2 Å². The third kappa shape index (κ3) is 4.44. The second-order valence-corrected chi connectivity index (χ2v) is 14.6. The Kier molecular flexibility index (Phi) is 6.30. The molecule has 0 spiro atoms. The molecule has 7 aromatic carbocycles. The molecule has 2 aromatic heterocycles. The van der Waals surface area contributed by atoms with Gasteiger partial charge in [0.1, 0.15) is 23.2 Å². The third-order valence-corrected chi connectivity index (χ3v) is 11.2. The van der Waals surface area contributed by atoms with Crippen LogP contribution in [0.1, 0.15) is 47.8 Å². The van der Waals surface area contributed by atoms with Gasteiger partial charge in [-0.1, -0.05) is 129 Å². The van der Waals surface area contributed by atoms with Gasteiger partial charge in [0, 0.05) is 43.8 Å². The van der Waals surface area contributed by atoms with E-state index in [4.69, 9.17) is 14.4 Å². The molecular formula is C48H34N4O. The van der Waals surface area contributed by atoms with Crippen LogP contribution in [0.5, 0.6) is 0 Å². The first-order valence-electron chi connectivity index (χ1n) is 18.2. The van der Waals surface area contributed by atoms with Crippen LogP contribution in [0, 0.1) is 0 Å². The molecule has 0 bridgehead atoms. The molecule has 1 atom stereocenters. The molecule has 2 aliphatic rings. The van der Waals surface area contributed by atoms with Gasteiger partial charge >= 0.3 is 0 Å². The van der Waals surface area contributed by atoms with E-state index in [0.29, 0.717) is 5.84 Å².